The molecule has 0 aliphatic rings. The molecule has 2 rings (SSSR count). The van der Waals surface area contributed by atoms with E-state index in [9.17, 15) is 9.59 Å². The van der Waals surface area contributed by atoms with Crippen LogP contribution in [-0.4, -0.2) is 24.2 Å². The van der Waals surface area contributed by atoms with Crippen LogP contribution in [0.15, 0.2) is 36.4 Å². The van der Waals surface area contributed by atoms with Crippen LogP contribution in [-0.2, 0) is 26.4 Å². The maximum atomic E-state index is 11.7. The SMILES string of the molecule is CC(C)(C)c1cc(C(=O)O)cc(C(C)(C)C)c1.COC(=O)c1cc(C(C)(C)C)cc(C(C)(C)C)c1. The molecular formula is C31H46O4. The van der Waals surface area contributed by atoms with E-state index >= 15 is 0 Å². The highest BCUT2D eigenvalue weighted by atomic mass is 16.5. The van der Waals surface area contributed by atoms with E-state index in [-0.39, 0.29) is 27.6 Å². The van der Waals surface area contributed by atoms with Crippen LogP contribution >= 0.6 is 0 Å². The summed E-state index contributed by atoms with van der Waals surface area (Å²) in [4.78, 5) is 22.9. The van der Waals surface area contributed by atoms with Crippen molar-refractivity contribution >= 4 is 11.9 Å². The van der Waals surface area contributed by atoms with Crippen LogP contribution in [0.5, 0.6) is 0 Å². The smallest absolute Gasteiger partial charge is 0.337 e. The number of rotatable bonds is 2. The molecular weight excluding hydrogens is 436 g/mol. The van der Waals surface area contributed by atoms with Crippen molar-refractivity contribution in [2.75, 3.05) is 7.11 Å². The van der Waals surface area contributed by atoms with E-state index < -0.39 is 5.97 Å². The van der Waals surface area contributed by atoms with Gasteiger partial charge in [0.15, 0.2) is 0 Å². The number of carbonyl (C=O) groups is 2. The van der Waals surface area contributed by atoms with Gasteiger partial charge in [-0.25, -0.2) is 9.59 Å². The summed E-state index contributed by atoms with van der Waals surface area (Å²) in [5, 5.41) is 9.17. The van der Waals surface area contributed by atoms with Crippen molar-refractivity contribution < 1.29 is 19.4 Å². The van der Waals surface area contributed by atoms with Gasteiger partial charge < -0.3 is 9.84 Å². The average Bonchev–Trinajstić information content (AvgIpc) is 2.70. The van der Waals surface area contributed by atoms with Gasteiger partial charge in [0.2, 0.25) is 0 Å². The number of carbonyl (C=O) groups excluding carboxylic acids is 1. The molecule has 0 saturated heterocycles. The number of benzene rings is 2. The van der Waals surface area contributed by atoms with Crippen LogP contribution in [0.2, 0.25) is 0 Å². The Morgan fingerprint density at radius 3 is 1.00 bits per heavy atom. The van der Waals surface area contributed by atoms with E-state index in [0.717, 1.165) is 22.3 Å². The first-order chi connectivity index (χ1) is 15.6. The minimum absolute atomic E-state index is 0.0179. The molecule has 0 unspecified atom stereocenters. The Bertz CT molecular complexity index is 985. The second-order valence-electron chi connectivity index (χ2n) is 13.4. The third-order valence-corrected chi connectivity index (χ3v) is 6.00. The number of methoxy groups -OCH3 is 1. The molecule has 0 aliphatic heterocycles. The summed E-state index contributed by atoms with van der Waals surface area (Å²) < 4.78 is 4.83. The molecule has 194 valence electrons. The van der Waals surface area contributed by atoms with Gasteiger partial charge >= 0.3 is 11.9 Å². The maximum absolute atomic E-state index is 11.7. The molecule has 0 fully saturated rings. The fourth-order valence-corrected chi connectivity index (χ4v) is 3.35. The van der Waals surface area contributed by atoms with Gasteiger partial charge in [-0.1, -0.05) is 95.2 Å². The monoisotopic (exact) mass is 482 g/mol. The summed E-state index contributed by atoms with van der Waals surface area (Å²) in [6, 6.07) is 11.7. The molecule has 0 bridgehead atoms. The summed E-state index contributed by atoms with van der Waals surface area (Å²) >= 11 is 0. The number of hydrogen-bond acceptors (Lipinski definition) is 3. The highest BCUT2D eigenvalue weighted by Gasteiger charge is 2.23. The fraction of sp³-hybridized carbons (Fsp3) is 0.548. The van der Waals surface area contributed by atoms with Gasteiger partial charge in [-0.2, -0.15) is 0 Å². The first-order valence-corrected chi connectivity index (χ1v) is 12.2. The molecule has 1 N–H and O–H groups in total. The van der Waals surface area contributed by atoms with Crippen LogP contribution in [0.4, 0.5) is 0 Å². The zero-order valence-corrected chi connectivity index (χ0v) is 24.1. The number of esters is 1. The maximum Gasteiger partial charge on any atom is 0.337 e. The minimum atomic E-state index is -0.860. The van der Waals surface area contributed by atoms with Gasteiger partial charge in [0.1, 0.15) is 0 Å². The lowest BCUT2D eigenvalue weighted by Crippen LogP contribution is -2.18. The van der Waals surface area contributed by atoms with Gasteiger partial charge in [-0.05, 0) is 68.2 Å². The van der Waals surface area contributed by atoms with Gasteiger partial charge in [0.05, 0.1) is 18.2 Å². The van der Waals surface area contributed by atoms with E-state index in [0.29, 0.717) is 11.1 Å². The van der Waals surface area contributed by atoms with Crippen molar-refractivity contribution in [1.29, 1.82) is 0 Å². The quantitative estimate of drug-likeness (QED) is 0.440. The number of hydrogen-bond donors (Lipinski definition) is 1. The van der Waals surface area contributed by atoms with Crippen molar-refractivity contribution in [3.63, 3.8) is 0 Å². The van der Waals surface area contributed by atoms with E-state index in [4.69, 9.17) is 9.84 Å². The van der Waals surface area contributed by atoms with E-state index in [1.165, 1.54) is 7.11 Å². The Kier molecular flexibility index (Phi) is 9.17. The molecule has 4 heteroatoms. The molecule has 0 spiro atoms. The van der Waals surface area contributed by atoms with Crippen molar-refractivity contribution in [3.05, 3.63) is 69.8 Å². The predicted molar refractivity (Wildman–Crippen MR) is 146 cm³/mol. The van der Waals surface area contributed by atoms with Gasteiger partial charge in [0.25, 0.3) is 0 Å². The van der Waals surface area contributed by atoms with Crippen LogP contribution in [0.3, 0.4) is 0 Å². The lowest BCUT2D eigenvalue weighted by atomic mass is 9.79. The molecule has 0 atom stereocenters. The molecule has 2 aromatic carbocycles. The first-order valence-electron chi connectivity index (χ1n) is 12.2. The molecule has 0 amide bonds. The normalized spacial score (nSPS) is 12.5. The van der Waals surface area contributed by atoms with Crippen molar-refractivity contribution in [1.82, 2.24) is 0 Å². The molecule has 0 radical (unpaired) electrons. The van der Waals surface area contributed by atoms with Crippen molar-refractivity contribution in [2.24, 2.45) is 0 Å². The van der Waals surface area contributed by atoms with Crippen LogP contribution in [0, 0.1) is 0 Å². The molecule has 0 heterocycles. The predicted octanol–water partition coefficient (Wildman–Crippen LogP) is 8.05. The first kappa shape index (κ1) is 30.4. The molecule has 0 saturated carbocycles. The van der Waals surface area contributed by atoms with Gasteiger partial charge in [-0.15, -0.1) is 0 Å². The minimum Gasteiger partial charge on any atom is -0.478 e. The molecule has 4 nitrogen and oxygen atoms in total. The Balaban J connectivity index is 0.000000351. The van der Waals surface area contributed by atoms with Crippen LogP contribution in [0.25, 0.3) is 0 Å². The molecule has 0 aromatic heterocycles. The third-order valence-electron chi connectivity index (χ3n) is 6.00. The number of carboxylic acid groups (broad SMARTS) is 1. The molecule has 35 heavy (non-hydrogen) atoms. The number of carboxylic acids is 1. The van der Waals surface area contributed by atoms with Crippen molar-refractivity contribution in [2.45, 2.75) is 105 Å². The van der Waals surface area contributed by atoms with E-state index in [1.54, 1.807) is 12.1 Å². The second kappa shape index (κ2) is 10.6. The zero-order valence-electron chi connectivity index (χ0n) is 24.1. The van der Waals surface area contributed by atoms with E-state index in [2.05, 4.69) is 95.2 Å². The molecule has 2 aromatic rings. The second-order valence-corrected chi connectivity index (χ2v) is 13.4. The summed E-state index contributed by atoms with van der Waals surface area (Å²) in [6.07, 6.45) is 0. The highest BCUT2D eigenvalue weighted by Crippen LogP contribution is 2.31. The molecule has 0 aliphatic carbocycles. The lowest BCUT2D eigenvalue weighted by Gasteiger charge is -2.25. The summed E-state index contributed by atoms with van der Waals surface area (Å²) in [5.74, 6) is -1.13. The highest BCUT2D eigenvalue weighted by molar-refractivity contribution is 5.90. The Hall–Kier alpha value is -2.62. The number of ether oxygens (including phenoxy) is 1. The van der Waals surface area contributed by atoms with Gasteiger partial charge in [-0.3, -0.25) is 0 Å². The average molecular weight is 483 g/mol. The Labute approximate surface area is 213 Å². The largest absolute Gasteiger partial charge is 0.478 e. The Morgan fingerprint density at radius 1 is 0.543 bits per heavy atom. The lowest BCUT2D eigenvalue weighted by molar-refractivity contribution is 0.0599. The van der Waals surface area contributed by atoms with Crippen LogP contribution in [0.1, 0.15) is 126 Å². The van der Waals surface area contributed by atoms with Crippen LogP contribution < -0.4 is 0 Å². The van der Waals surface area contributed by atoms with Crippen molar-refractivity contribution in [3.8, 4) is 0 Å². The standard InChI is InChI=1S/C16H24O2.C15H22O2/c1-15(2,3)12-8-11(14(17)18-7)9-13(10-12)16(4,5)6;1-14(2,3)11-7-10(13(16)17)8-12(9-11)15(4,5)6/h8-10H,1-7H3;7-9H,1-6H3,(H,16,17). The van der Waals surface area contributed by atoms with E-state index in [1.807, 2.05) is 12.1 Å². The third kappa shape index (κ3) is 8.83. The topological polar surface area (TPSA) is 63.6 Å². The summed E-state index contributed by atoms with van der Waals surface area (Å²) in [6.45, 7) is 25.5. The Morgan fingerprint density at radius 2 is 0.800 bits per heavy atom. The summed E-state index contributed by atoms with van der Waals surface area (Å²) in [5.41, 5.74) is 5.44. The zero-order chi connectivity index (χ0) is 27.6. The fourth-order valence-electron chi connectivity index (χ4n) is 3.35. The summed E-state index contributed by atoms with van der Waals surface area (Å²) in [7, 11) is 1.42. The van der Waals surface area contributed by atoms with Gasteiger partial charge in [0, 0.05) is 0 Å². The number of aromatic carboxylic acids is 1.